The number of rotatable bonds is 0. The summed E-state index contributed by atoms with van der Waals surface area (Å²) in [7, 11) is 0. The number of hydrogen-bond acceptors (Lipinski definition) is 2. The van der Waals surface area contributed by atoms with Crippen LogP contribution in [0.2, 0.25) is 5.15 Å². The van der Waals surface area contributed by atoms with Crippen LogP contribution in [0.3, 0.4) is 0 Å². The lowest BCUT2D eigenvalue weighted by Crippen LogP contribution is -2.10. The Morgan fingerprint density at radius 3 is 2.50 bits per heavy atom. The molecule has 0 amide bonds. The molecule has 14 heavy (non-hydrogen) atoms. The Balaban J connectivity index is 2.73. The molecule has 0 fully saturated rings. The quantitative estimate of drug-likeness (QED) is 0.684. The van der Waals surface area contributed by atoms with E-state index in [2.05, 4.69) is 9.97 Å². The van der Waals surface area contributed by atoms with E-state index in [1.807, 2.05) is 0 Å². The lowest BCUT2D eigenvalue weighted by Gasteiger charge is -2.04. The second-order valence-electron chi connectivity index (χ2n) is 2.58. The van der Waals surface area contributed by atoms with Crippen molar-refractivity contribution in [3.05, 3.63) is 29.6 Å². The Morgan fingerprint density at radius 1 is 1.21 bits per heavy atom. The molecule has 2 heterocycles. The minimum Gasteiger partial charge on any atom is -0.292 e. The van der Waals surface area contributed by atoms with Crippen molar-refractivity contribution in [1.82, 2.24) is 14.4 Å². The largest absolute Gasteiger partial charge is 0.450 e. The van der Waals surface area contributed by atoms with Crippen LogP contribution in [0.15, 0.2) is 18.6 Å². The molecule has 2 aromatic rings. The molecule has 74 valence electrons. The van der Waals surface area contributed by atoms with E-state index in [9.17, 15) is 13.2 Å². The molecule has 0 aliphatic carbocycles. The fourth-order valence-corrected chi connectivity index (χ4v) is 1.23. The molecule has 2 rings (SSSR count). The minimum absolute atomic E-state index is 0.0130. The summed E-state index contributed by atoms with van der Waals surface area (Å²) in [6.45, 7) is 0. The van der Waals surface area contributed by atoms with Gasteiger partial charge in [-0.1, -0.05) is 11.6 Å². The van der Waals surface area contributed by atoms with Crippen LogP contribution in [-0.4, -0.2) is 14.4 Å². The molecule has 0 saturated heterocycles. The van der Waals surface area contributed by atoms with Crippen molar-refractivity contribution in [2.24, 2.45) is 0 Å². The van der Waals surface area contributed by atoms with E-state index >= 15 is 0 Å². The average Bonchev–Trinajstić information content (AvgIpc) is 2.45. The highest BCUT2D eigenvalue weighted by Crippen LogP contribution is 2.28. The standard InChI is InChI=1S/C7H3ClF3N3/c8-5-3-14-4(1-12-5)2-13-6(14)7(9,10)11/h1-3H. The summed E-state index contributed by atoms with van der Waals surface area (Å²) in [6.07, 6.45) is -1.10. The van der Waals surface area contributed by atoms with Gasteiger partial charge in [-0.05, 0) is 0 Å². The molecule has 0 bridgehead atoms. The first-order valence-electron chi connectivity index (χ1n) is 3.54. The van der Waals surface area contributed by atoms with E-state index in [1.54, 1.807) is 0 Å². The van der Waals surface area contributed by atoms with Crippen molar-refractivity contribution >= 4 is 17.1 Å². The number of hydrogen-bond donors (Lipinski definition) is 0. The van der Waals surface area contributed by atoms with Crippen molar-refractivity contribution in [2.75, 3.05) is 0 Å². The molecular weight excluding hydrogens is 219 g/mol. The normalized spacial score (nSPS) is 12.3. The number of halogens is 4. The van der Waals surface area contributed by atoms with Gasteiger partial charge >= 0.3 is 6.18 Å². The zero-order valence-corrected chi connectivity index (χ0v) is 7.34. The molecule has 0 atom stereocenters. The van der Waals surface area contributed by atoms with Gasteiger partial charge in [0.15, 0.2) is 0 Å². The highest BCUT2D eigenvalue weighted by Gasteiger charge is 2.35. The van der Waals surface area contributed by atoms with Gasteiger partial charge in [0.2, 0.25) is 5.82 Å². The molecular formula is C7H3ClF3N3. The summed E-state index contributed by atoms with van der Waals surface area (Å²) in [5.41, 5.74) is 0.252. The third kappa shape index (κ3) is 1.41. The van der Waals surface area contributed by atoms with Gasteiger partial charge < -0.3 is 0 Å². The SMILES string of the molecule is FC(F)(F)c1ncc2cnc(Cl)cn12. The van der Waals surface area contributed by atoms with Gasteiger partial charge in [0.05, 0.1) is 17.9 Å². The molecule has 0 aliphatic heterocycles. The van der Waals surface area contributed by atoms with Gasteiger partial charge in [0, 0.05) is 6.20 Å². The van der Waals surface area contributed by atoms with E-state index in [0.29, 0.717) is 0 Å². The minimum atomic E-state index is -4.49. The van der Waals surface area contributed by atoms with Crippen LogP contribution in [0.25, 0.3) is 5.52 Å². The summed E-state index contributed by atoms with van der Waals surface area (Å²) in [6, 6.07) is 0. The third-order valence-electron chi connectivity index (χ3n) is 1.63. The maximum atomic E-state index is 12.3. The smallest absolute Gasteiger partial charge is 0.292 e. The molecule has 0 N–H and O–H groups in total. The highest BCUT2D eigenvalue weighted by atomic mass is 35.5. The molecule has 0 saturated carbocycles. The Kier molecular flexibility index (Phi) is 1.88. The number of aromatic nitrogens is 3. The third-order valence-corrected chi connectivity index (χ3v) is 1.83. The van der Waals surface area contributed by atoms with Crippen LogP contribution in [0.5, 0.6) is 0 Å². The van der Waals surface area contributed by atoms with Crippen molar-refractivity contribution in [2.45, 2.75) is 6.18 Å². The van der Waals surface area contributed by atoms with Crippen LogP contribution >= 0.6 is 11.6 Å². The second kappa shape index (κ2) is 2.84. The molecule has 0 radical (unpaired) electrons. The summed E-state index contributed by atoms with van der Waals surface area (Å²) in [5.74, 6) is -1.00. The molecule has 7 heteroatoms. The number of nitrogens with zero attached hydrogens (tertiary/aromatic N) is 3. The van der Waals surface area contributed by atoms with Gasteiger partial charge in [0.25, 0.3) is 0 Å². The Hall–Kier alpha value is -1.30. The van der Waals surface area contributed by atoms with Gasteiger partial charge in [0.1, 0.15) is 5.15 Å². The first kappa shape index (κ1) is 9.26. The van der Waals surface area contributed by atoms with Crippen molar-refractivity contribution in [3.63, 3.8) is 0 Å². The summed E-state index contributed by atoms with van der Waals surface area (Å²) in [5, 5.41) is -0.0130. The molecule has 0 unspecified atom stereocenters. The predicted octanol–water partition coefficient (Wildman–Crippen LogP) is 2.40. The number of alkyl halides is 3. The van der Waals surface area contributed by atoms with Gasteiger partial charge in [-0.15, -0.1) is 0 Å². The van der Waals surface area contributed by atoms with Crippen LogP contribution < -0.4 is 0 Å². The molecule has 0 aliphatic rings. The van der Waals surface area contributed by atoms with E-state index in [0.717, 1.165) is 16.8 Å². The fraction of sp³-hybridized carbons (Fsp3) is 0.143. The number of imidazole rings is 1. The zero-order valence-electron chi connectivity index (χ0n) is 6.59. The van der Waals surface area contributed by atoms with Gasteiger partial charge in [-0.25, -0.2) is 9.97 Å². The van der Waals surface area contributed by atoms with Crippen molar-refractivity contribution < 1.29 is 13.2 Å². The molecule has 3 nitrogen and oxygen atoms in total. The van der Waals surface area contributed by atoms with Crippen molar-refractivity contribution in [1.29, 1.82) is 0 Å². The molecule has 0 aromatic carbocycles. The topological polar surface area (TPSA) is 30.2 Å². The number of fused-ring (bicyclic) bond motifs is 1. The summed E-state index contributed by atoms with van der Waals surface area (Å²) < 4.78 is 37.9. The predicted molar refractivity (Wildman–Crippen MR) is 43.0 cm³/mol. The first-order chi connectivity index (χ1) is 6.48. The highest BCUT2D eigenvalue weighted by molar-refractivity contribution is 6.29. The van der Waals surface area contributed by atoms with E-state index in [1.165, 1.54) is 6.20 Å². The van der Waals surface area contributed by atoms with Crippen molar-refractivity contribution in [3.8, 4) is 0 Å². The Bertz CT molecular complexity index is 476. The lowest BCUT2D eigenvalue weighted by molar-refractivity contribution is -0.145. The maximum absolute atomic E-state index is 12.3. The van der Waals surface area contributed by atoms with Gasteiger partial charge in [-0.2, -0.15) is 13.2 Å². The molecule has 0 spiro atoms. The van der Waals surface area contributed by atoms with Crippen LogP contribution in [0, 0.1) is 0 Å². The fourth-order valence-electron chi connectivity index (χ4n) is 1.08. The van der Waals surface area contributed by atoms with Gasteiger partial charge in [-0.3, -0.25) is 4.40 Å². The van der Waals surface area contributed by atoms with Crippen LogP contribution in [0.4, 0.5) is 13.2 Å². The van der Waals surface area contributed by atoms with E-state index in [-0.39, 0.29) is 10.7 Å². The average molecular weight is 222 g/mol. The molecule has 2 aromatic heterocycles. The Morgan fingerprint density at radius 2 is 1.86 bits per heavy atom. The lowest BCUT2D eigenvalue weighted by atomic mass is 10.5. The maximum Gasteiger partial charge on any atom is 0.450 e. The van der Waals surface area contributed by atoms with Crippen LogP contribution in [-0.2, 0) is 6.18 Å². The summed E-state index contributed by atoms with van der Waals surface area (Å²) >= 11 is 5.47. The van der Waals surface area contributed by atoms with E-state index in [4.69, 9.17) is 11.6 Å². The van der Waals surface area contributed by atoms with E-state index < -0.39 is 12.0 Å². The second-order valence-corrected chi connectivity index (χ2v) is 2.97. The first-order valence-corrected chi connectivity index (χ1v) is 3.92. The zero-order chi connectivity index (χ0) is 10.3. The Labute approximate surface area is 81.2 Å². The van der Waals surface area contributed by atoms with Crippen LogP contribution in [0.1, 0.15) is 5.82 Å². The monoisotopic (exact) mass is 221 g/mol. The summed E-state index contributed by atoms with van der Waals surface area (Å²) in [4.78, 5) is 6.89.